The third-order valence-electron chi connectivity index (χ3n) is 5.24. The second-order valence-corrected chi connectivity index (χ2v) is 9.50. The number of halogens is 1. The van der Waals surface area contributed by atoms with E-state index in [1.165, 1.54) is 0 Å². The number of nitrogens with one attached hydrogen (secondary N) is 4. The topological polar surface area (TPSA) is 166 Å². The van der Waals surface area contributed by atoms with Gasteiger partial charge in [0, 0.05) is 17.1 Å². The summed E-state index contributed by atoms with van der Waals surface area (Å²) in [7, 11) is 0. The van der Waals surface area contributed by atoms with E-state index in [9.17, 15) is 24.3 Å². The van der Waals surface area contributed by atoms with Crippen LogP contribution < -0.4 is 26.6 Å². The first-order chi connectivity index (χ1) is 17.7. The summed E-state index contributed by atoms with van der Waals surface area (Å²) < 4.78 is 5.45. The predicted octanol–water partition coefficient (Wildman–Crippen LogP) is 2.53. The molecular weight excluding hydrogens is 522 g/mol. The molecule has 2 amide bonds. The molecule has 2 heterocycles. The monoisotopic (exact) mass is 543 g/mol. The number of H-pyrrole nitrogens is 2. The molecule has 0 saturated carbocycles. The Morgan fingerprint density at radius 1 is 1.19 bits per heavy atom. The lowest BCUT2D eigenvalue weighted by Gasteiger charge is -2.15. The highest BCUT2D eigenvalue weighted by Gasteiger charge is 2.34. The number of aromatic hydroxyl groups is 1. The first-order valence-corrected chi connectivity index (χ1v) is 12.4. The highest BCUT2D eigenvalue weighted by atomic mass is 35.5. The number of carbonyl (C=O) groups excluding carboxylic acids is 2. The predicted molar refractivity (Wildman–Crippen MR) is 140 cm³/mol. The van der Waals surface area contributed by atoms with Crippen molar-refractivity contribution < 1.29 is 19.4 Å². The van der Waals surface area contributed by atoms with Gasteiger partial charge in [0.25, 0.3) is 5.56 Å². The summed E-state index contributed by atoms with van der Waals surface area (Å²) in [4.78, 5) is 58.0. The van der Waals surface area contributed by atoms with Gasteiger partial charge >= 0.3 is 5.69 Å². The molecule has 5 N–H and O–H groups in total. The van der Waals surface area contributed by atoms with E-state index in [1.807, 2.05) is 6.92 Å². The van der Waals surface area contributed by atoms with E-state index in [-0.39, 0.29) is 17.2 Å². The Balaban J connectivity index is 1.59. The molecule has 2 atom stereocenters. The van der Waals surface area contributed by atoms with Gasteiger partial charge in [0.2, 0.25) is 17.7 Å². The second-order valence-electron chi connectivity index (χ2n) is 7.87. The van der Waals surface area contributed by atoms with Crippen LogP contribution >= 0.6 is 23.4 Å². The Labute approximate surface area is 219 Å². The Morgan fingerprint density at radius 3 is 2.62 bits per heavy atom. The number of hydrogen-bond acceptors (Lipinski definition) is 8. The van der Waals surface area contributed by atoms with Crippen LogP contribution in [0.25, 0.3) is 0 Å². The van der Waals surface area contributed by atoms with Gasteiger partial charge in [0.15, 0.2) is 5.17 Å². The highest BCUT2D eigenvalue weighted by molar-refractivity contribution is 8.15. The van der Waals surface area contributed by atoms with Crippen molar-refractivity contribution in [2.24, 2.45) is 4.99 Å². The van der Waals surface area contributed by atoms with E-state index < -0.39 is 40.2 Å². The van der Waals surface area contributed by atoms with Crippen molar-refractivity contribution in [2.75, 3.05) is 11.9 Å². The molecule has 1 fully saturated rings. The number of ether oxygens (including phenoxy) is 1. The van der Waals surface area contributed by atoms with Crippen molar-refractivity contribution in [2.45, 2.75) is 24.6 Å². The van der Waals surface area contributed by atoms with Crippen molar-refractivity contribution in [3.63, 3.8) is 0 Å². The van der Waals surface area contributed by atoms with Gasteiger partial charge in [-0.3, -0.25) is 24.4 Å². The van der Waals surface area contributed by atoms with E-state index in [1.54, 1.807) is 48.5 Å². The lowest BCUT2D eigenvalue weighted by molar-refractivity contribution is -0.122. The van der Waals surface area contributed by atoms with Gasteiger partial charge in [0.1, 0.15) is 22.6 Å². The van der Waals surface area contributed by atoms with Gasteiger partial charge in [0.05, 0.1) is 6.61 Å². The lowest BCUT2D eigenvalue weighted by Crippen LogP contribution is -2.29. The van der Waals surface area contributed by atoms with Crippen molar-refractivity contribution in [1.29, 1.82) is 0 Å². The number of nitrogens with zero attached hydrogens (tertiary/aromatic N) is 1. The first kappa shape index (κ1) is 26.0. The summed E-state index contributed by atoms with van der Waals surface area (Å²) >= 11 is 6.96. The fraction of sp³-hybridized carbons (Fsp3) is 0.208. The smallest absolute Gasteiger partial charge is 0.328 e. The number of anilines is 1. The fourth-order valence-corrected chi connectivity index (χ4v) is 4.81. The van der Waals surface area contributed by atoms with Gasteiger partial charge in [-0.05, 0) is 42.8 Å². The number of benzene rings is 2. The first-order valence-electron chi connectivity index (χ1n) is 11.1. The zero-order valence-electron chi connectivity index (χ0n) is 19.4. The van der Waals surface area contributed by atoms with Crippen LogP contribution in [0.5, 0.6) is 11.6 Å². The number of carbonyl (C=O) groups is 2. The molecule has 13 heteroatoms. The van der Waals surface area contributed by atoms with E-state index in [0.29, 0.717) is 28.6 Å². The number of amidine groups is 1. The number of rotatable bonds is 8. The van der Waals surface area contributed by atoms with Crippen LogP contribution in [0.1, 0.15) is 30.5 Å². The van der Waals surface area contributed by atoms with Crippen LogP contribution in [0.15, 0.2) is 63.1 Å². The van der Waals surface area contributed by atoms with Gasteiger partial charge in [-0.25, -0.2) is 9.79 Å². The molecule has 2 aromatic carbocycles. The quantitative estimate of drug-likeness (QED) is 0.291. The van der Waals surface area contributed by atoms with Crippen molar-refractivity contribution in [3.05, 3.63) is 85.5 Å². The Hall–Kier alpha value is -4.03. The van der Waals surface area contributed by atoms with Crippen molar-refractivity contribution in [3.8, 4) is 11.6 Å². The Bertz CT molecular complexity index is 1470. The van der Waals surface area contributed by atoms with Crippen LogP contribution in [0.4, 0.5) is 5.69 Å². The number of aliphatic imine (C=N–C) groups is 1. The number of thioether (sulfide) groups is 1. The molecule has 4 rings (SSSR count). The summed E-state index contributed by atoms with van der Waals surface area (Å²) in [5.41, 5.74) is -0.942. The molecule has 2 unspecified atom stereocenters. The molecule has 1 saturated heterocycles. The summed E-state index contributed by atoms with van der Waals surface area (Å²) in [6, 6.07) is 12.2. The minimum atomic E-state index is -1.09. The fourth-order valence-electron chi connectivity index (χ4n) is 3.62. The summed E-state index contributed by atoms with van der Waals surface area (Å²) in [6.07, 6.45) is -0.139. The highest BCUT2D eigenvalue weighted by Crippen LogP contribution is 2.32. The maximum atomic E-state index is 12.6. The van der Waals surface area contributed by atoms with Gasteiger partial charge in [-0.2, -0.15) is 0 Å². The molecule has 3 aromatic rings. The minimum absolute atomic E-state index is 0.139. The van der Waals surface area contributed by atoms with E-state index in [0.717, 1.165) is 11.8 Å². The Morgan fingerprint density at radius 2 is 1.95 bits per heavy atom. The van der Waals surface area contributed by atoms with Crippen LogP contribution in [0.3, 0.4) is 0 Å². The number of amides is 2. The maximum Gasteiger partial charge on any atom is 0.328 e. The van der Waals surface area contributed by atoms with Crippen LogP contribution in [-0.4, -0.2) is 43.9 Å². The van der Waals surface area contributed by atoms with Gasteiger partial charge in [-0.15, -0.1) is 0 Å². The number of hydrogen-bond donors (Lipinski definition) is 5. The van der Waals surface area contributed by atoms with Crippen molar-refractivity contribution in [1.82, 2.24) is 15.3 Å². The summed E-state index contributed by atoms with van der Waals surface area (Å²) in [5, 5.41) is 15.5. The molecular formula is C24H22ClN5O6S. The van der Waals surface area contributed by atoms with Gasteiger partial charge < -0.3 is 20.5 Å². The van der Waals surface area contributed by atoms with Crippen LogP contribution in [0.2, 0.25) is 5.02 Å². The normalized spacial score (nSPS) is 16.9. The summed E-state index contributed by atoms with van der Waals surface area (Å²) in [6.45, 7) is 2.30. The number of aromatic nitrogens is 2. The zero-order chi connectivity index (χ0) is 26.5. The zero-order valence-corrected chi connectivity index (χ0v) is 21.0. The van der Waals surface area contributed by atoms with E-state index in [4.69, 9.17) is 16.3 Å². The molecule has 0 spiro atoms. The largest absolute Gasteiger partial charge is 0.494 e. The third kappa shape index (κ3) is 6.40. The van der Waals surface area contributed by atoms with Crippen molar-refractivity contribution >= 4 is 46.0 Å². The summed E-state index contributed by atoms with van der Waals surface area (Å²) in [5.74, 6) is -0.890. The second kappa shape index (κ2) is 11.4. The van der Waals surface area contributed by atoms with E-state index in [2.05, 4.69) is 25.6 Å². The SMILES string of the molecule is CCOc1ccc(C(N=C2NC(=O)C(CC(=O)Nc3cccc(Cl)c3)S2)c2c(O)[nH]c(=O)[nH]c2=O)cc1. The molecule has 1 aliphatic heterocycles. The molecule has 192 valence electrons. The van der Waals surface area contributed by atoms with Gasteiger partial charge in [-0.1, -0.05) is 41.6 Å². The molecule has 0 radical (unpaired) electrons. The molecule has 1 aromatic heterocycles. The van der Waals surface area contributed by atoms with Crippen LogP contribution in [0, 0.1) is 0 Å². The third-order valence-corrected chi connectivity index (χ3v) is 6.57. The Kier molecular flexibility index (Phi) is 7.99. The number of aromatic amines is 2. The van der Waals surface area contributed by atoms with Crippen LogP contribution in [-0.2, 0) is 9.59 Å². The maximum absolute atomic E-state index is 12.6. The minimum Gasteiger partial charge on any atom is -0.494 e. The lowest BCUT2D eigenvalue weighted by atomic mass is 10.0. The standard InChI is InChI=1S/C24H22ClN5O6S/c1-2-36-15-8-6-12(7-9-15)19(18-21(33)28-23(35)29-22(18)34)27-24-30-20(32)16(37-24)11-17(31)26-14-5-3-4-13(25)10-14/h3-10,16,19H,2,11H2,1H3,(H,26,31)(H,27,30,32)(H3,28,29,33,34,35). The molecule has 0 aliphatic carbocycles. The average molecular weight is 544 g/mol. The molecule has 1 aliphatic rings. The average Bonchev–Trinajstić information content (AvgIpc) is 3.17. The molecule has 37 heavy (non-hydrogen) atoms. The van der Waals surface area contributed by atoms with E-state index >= 15 is 0 Å². The molecule has 0 bridgehead atoms. The molecule has 11 nitrogen and oxygen atoms in total.